The molecule has 0 saturated carbocycles. The topological polar surface area (TPSA) is 138 Å². The monoisotopic (exact) mass is 746 g/mol. The van der Waals surface area contributed by atoms with Gasteiger partial charge in [0.2, 0.25) is 5.91 Å². The van der Waals surface area contributed by atoms with Gasteiger partial charge in [0.15, 0.2) is 0 Å². The molecule has 0 bridgehead atoms. The van der Waals surface area contributed by atoms with E-state index in [1.165, 1.54) is 16.7 Å². The largest absolute Gasteiger partial charge is 0.466 e. The fraction of sp³-hybridized carbons (Fsp3) is 0.488. The van der Waals surface area contributed by atoms with Crippen molar-refractivity contribution >= 4 is 23.6 Å². The Morgan fingerprint density at radius 1 is 0.593 bits per heavy atom. The number of rotatable bonds is 29. The van der Waals surface area contributed by atoms with E-state index in [0.717, 1.165) is 13.0 Å². The first kappa shape index (κ1) is 44.0. The number of hydrogen-bond donors (Lipinski definition) is 2. The molecule has 3 rings (SSSR count). The second-order valence-electron chi connectivity index (χ2n) is 12.7. The second kappa shape index (κ2) is 26.4. The quantitative estimate of drug-likeness (QED) is 0.0511. The Bertz CT molecular complexity index is 1390. The number of Topliss-reactive ketones (excluding diaryl/α,β-unsaturated/α-hetero) is 1. The number of benzene rings is 3. The summed E-state index contributed by atoms with van der Waals surface area (Å²) in [7, 11) is 0. The Morgan fingerprint density at radius 3 is 1.57 bits per heavy atom. The summed E-state index contributed by atoms with van der Waals surface area (Å²) in [4.78, 5) is 48.6. The number of hydrogen-bond acceptors (Lipinski definition) is 10. The van der Waals surface area contributed by atoms with E-state index in [1.807, 2.05) is 18.2 Å². The van der Waals surface area contributed by atoms with Crippen molar-refractivity contribution in [1.29, 1.82) is 0 Å². The van der Waals surface area contributed by atoms with Crippen LogP contribution < -0.4 is 10.6 Å². The highest BCUT2D eigenvalue weighted by molar-refractivity contribution is 5.88. The Hall–Kier alpha value is -4.42. The summed E-state index contributed by atoms with van der Waals surface area (Å²) >= 11 is 0. The number of carbonyl (C=O) groups is 4. The van der Waals surface area contributed by atoms with Crippen LogP contribution in [0.25, 0.3) is 0 Å². The van der Waals surface area contributed by atoms with Crippen LogP contribution in [0.5, 0.6) is 0 Å². The van der Waals surface area contributed by atoms with E-state index >= 15 is 0 Å². The van der Waals surface area contributed by atoms with Gasteiger partial charge >= 0.3 is 11.9 Å². The van der Waals surface area contributed by atoms with E-state index in [9.17, 15) is 19.2 Å². The molecule has 0 radical (unpaired) electrons. The molecule has 0 heterocycles. The van der Waals surface area contributed by atoms with Gasteiger partial charge in [-0.3, -0.25) is 24.5 Å². The van der Waals surface area contributed by atoms with Gasteiger partial charge in [0.25, 0.3) is 0 Å². The normalized spacial score (nSPS) is 11.8. The van der Waals surface area contributed by atoms with Crippen LogP contribution in [0.1, 0.15) is 75.5 Å². The molecule has 1 amide bonds. The number of ether oxygens (including phenoxy) is 5. The molecule has 0 aliphatic heterocycles. The maximum absolute atomic E-state index is 12.5. The Balaban J connectivity index is 1.22. The predicted octanol–water partition coefficient (Wildman–Crippen LogP) is 5.78. The molecule has 294 valence electrons. The number of amides is 1. The van der Waals surface area contributed by atoms with Gasteiger partial charge in [-0.15, -0.1) is 0 Å². The van der Waals surface area contributed by atoms with Gasteiger partial charge < -0.3 is 29.0 Å². The minimum Gasteiger partial charge on any atom is -0.466 e. The average molecular weight is 747 g/mol. The lowest BCUT2D eigenvalue weighted by Gasteiger charge is -2.37. The van der Waals surface area contributed by atoms with Gasteiger partial charge in [0.05, 0.1) is 51.1 Å². The smallest absolute Gasteiger partial charge is 0.309 e. The highest BCUT2D eigenvalue weighted by atomic mass is 16.5. The van der Waals surface area contributed by atoms with Crippen molar-refractivity contribution in [3.8, 4) is 0 Å². The van der Waals surface area contributed by atoms with Gasteiger partial charge in [-0.05, 0) is 56.3 Å². The Kier molecular flexibility index (Phi) is 21.5. The summed E-state index contributed by atoms with van der Waals surface area (Å²) in [5.74, 6) is -2.16. The molecule has 2 N–H and O–H groups in total. The highest BCUT2D eigenvalue weighted by Gasteiger charge is 2.35. The summed E-state index contributed by atoms with van der Waals surface area (Å²) < 4.78 is 27.0. The standard InChI is InChI=1S/C43H58N2O9/c1-3-53-41(48)25-22-35(42(49)54-4-2)34-39(46)23-24-40(47)44-26-14-28-50-30-32-52-33-31-51-29-15-27-45-43(36-16-8-5-9-17-36,37-18-10-6-11-19-37)38-20-12-7-13-21-38/h5-13,16-21,35,45H,3-4,14-15,22-34H2,1-2H3,(H,44,47). The third-order valence-electron chi connectivity index (χ3n) is 8.73. The fourth-order valence-corrected chi connectivity index (χ4v) is 6.07. The minimum absolute atomic E-state index is 0.00701. The minimum atomic E-state index is -0.737. The highest BCUT2D eigenvalue weighted by Crippen LogP contribution is 2.36. The fourth-order valence-electron chi connectivity index (χ4n) is 6.07. The Morgan fingerprint density at radius 2 is 1.07 bits per heavy atom. The maximum atomic E-state index is 12.5. The van der Waals surface area contributed by atoms with Crippen molar-refractivity contribution in [2.45, 2.75) is 64.3 Å². The summed E-state index contributed by atoms with van der Waals surface area (Å²) in [5.41, 5.74) is 3.04. The molecule has 0 spiro atoms. The molecule has 11 nitrogen and oxygen atoms in total. The van der Waals surface area contributed by atoms with Crippen molar-refractivity contribution in [3.05, 3.63) is 108 Å². The molecule has 54 heavy (non-hydrogen) atoms. The van der Waals surface area contributed by atoms with E-state index < -0.39 is 23.4 Å². The first-order valence-electron chi connectivity index (χ1n) is 19.2. The van der Waals surface area contributed by atoms with Crippen LogP contribution >= 0.6 is 0 Å². The van der Waals surface area contributed by atoms with E-state index in [2.05, 4.69) is 83.4 Å². The number of esters is 2. The van der Waals surface area contributed by atoms with E-state index in [0.29, 0.717) is 52.6 Å². The van der Waals surface area contributed by atoms with Crippen LogP contribution in [0.4, 0.5) is 0 Å². The molecule has 3 aromatic rings. The molecular formula is C43H58N2O9. The lowest BCUT2D eigenvalue weighted by atomic mass is 9.77. The maximum Gasteiger partial charge on any atom is 0.309 e. The predicted molar refractivity (Wildman–Crippen MR) is 207 cm³/mol. The zero-order valence-corrected chi connectivity index (χ0v) is 31.9. The zero-order valence-electron chi connectivity index (χ0n) is 31.9. The van der Waals surface area contributed by atoms with Crippen molar-refractivity contribution in [3.63, 3.8) is 0 Å². The van der Waals surface area contributed by atoms with Crippen LogP contribution in [-0.4, -0.2) is 89.6 Å². The molecular weight excluding hydrogens is 688 g/mol. The summed E-state index contributed by atoms with van der Waals surface area (Å²) in [5, 5.41) is 6.66. The van der Waals surface area contributed by atoms with Crippen LogP contribution in [0.3, 0.4) is 0 Å². The summed E-state index contributed by atoms with van der Waals surface area (Å²) in [6.07, 6.45) is 1.59. The molecule has 11 heteroatoms. The van der Waals surface area contributed by atoms with Crippen LogP contribution in [0.2, 0.25) is 0 Å². The van der Waals surface area contributed by atoms with Gasteiger partial charge in [0, 0.05) is 45.4 Å². The second-order valence-corrected chi connectivity index (χ2v) is 12.7. The van der Waals surface area contributed by atoms with Crippen LogP contribution in [0, 0.1) is 5.92 Å². The van der Waals surface area contributed by atoms with Gasteiger partial charge in [0.1, 0.15) is 5.78 Å². The molecule has 1 unspecified atom stereocenters. The van der Waals surface area contributed by atoms with E-state index in [-0.39, 0.29) is 57.0 Å². The molecule has 0 aliphatic rings. The SMILES string of the molecule is CCOC(=O)CCC(CC(=O)CCC(=O)NCCCOCCOCCOCCCNC(c1ccccc1)(c1ccccc1)c1ccccc1)C(=O)OCC. The van der Waals surface area contributed by atoms with E-state index in [1.54, 1.807) is 13.8 Å². The summed E-state index contributed by atoms with van der Waals surface area (Å²) in [6, 6.07) is 31.6. The molecule has 0 aliphatic carbocycles. The van der Waals surface area contributed by atoms with Crippen molar-refractivity contribution in [1.82, 2.24) is 10.6 Å². The molecule has 0 aromatic heterocycles. The lowest BCUT2D eigenvalue weighted by molar-refractivity contribution is -0.151. The van der Waals surface area contributed by atoms with Crippen LogP contribution in [0.15, 0.2) is 91.0 Å². The average Bonchev–Trinajstić information content (AvgIpc) is 3.20. The molecule has 3 aromatic carbocycles. The van der Waals surface area contributed by atoms with Crippen molar-refractivity contribution < 1.29 is 42.9 Å². The number of carbonyl (C=O) groups excluding carboxylic acids is 4. The molecule has 0 fully saturated rings. The number of nitrogens with one attached hydrogen (secondary N) is 2. The number of ketones is 1. The van der Waals surface area contributed by atoms with Crippen molar-refractivity contribution in [2.24, 2.45) is 5.92 Å². The van der Waals surface area contributed by atoms with Gasteiger partial charge in [-0.25, -0.2) is 0 Å². The zero-order chi connectivity index (χ0) is 38.7. The van der Waals surface area contributed by atoms with Crippen LogP contribution in [-0.2, 0) is 48.4 Å². The van der Waals surface area contributed by atoms with Gasteiger partial charge in [-0.1, -0.05) is 91.0 Å². The first-order valence-corrected chi connectivity index (χ1v) is 19.2. The Labute approximate surface area is 320 Å². The molecule has 1 atom stereocenters. The first-order chi connectivity index (χ1) is 26.4. The van der Waals surface area contributed by atoms with Crippen molar-refractivity contribution in [2.75, 3.05) is 65.9 Å². The third kappa shape index (κ3) is 15.9. The lowest BCUT2D eigenvalue weighted by Crippen LogP contribution is -2.45. The summed E-state index contributed by atoms with van der Waals surface area (Å²) in [6.45, 7) is 7.89. The van der Waals surface area contributed by atoms with Gasteiger partial charge in [-0.2, -0.15) is 0 Å². The van der Waals surface area contributed by atoms with E-state index in [4.69, 9.17) is 23.7 Å². The third-order valence-corrected chi connectivity index (χ3v) is 8.73. The molecule has 0 saturated heterocycles.